The van der Waals surface area contributed by atoms with E-state index in [1.165, 1.54) is 4.88 Å². The molecule has 5 nitrogen and oxygen atoms in total. The lowest BCUT2D eigenvalue weighted by Crippen LogP contribution is -2.32. The summed E-state index contributed by atoms with van der Waals surface area (Å²) in [5, 5.41) is 4.33. The van der Waals surface area contributed by atoms with E-state index in [1.807, 2.05) is 25.1 Å². The van der Waals surface area contributed by atoms with Crippen LogP contribution in [0.5, 0.6) is 0 Å². The summed E-state index contributed by atoms with van der Waals surface area (Å²) in [5.74, 6) is 0. The Balaban J connectivity index is 1.99. The van der Waals surface area contributed by atoms with Gasteiger partial charge in [-0.2, -0.15) is 0 Å². The highest BCUT2D eigenvalue weighted by Crippen LogP contribution is 2.31. The highest BCUT2D eigenvalue weighted by atomic mass is 32.2. The molecule has 2 rings (SSSR count). The number of hydrogen-bond acceptors (Lipinski definition) is 5. The van der Waals surface area contributed by atoms with E-state index in [4.69, 9.17) is 0 Å². The molecule has 0 fully saturated rings. The summed E-state index contributed by atoms with van der Waals surface area (Å²) in [7, 11) is -3.13. The first-order chi connectivity index (χ1) is 10.4. The van der Waals surface area contributed by atoms with Crippen molar-refractivity contribution in [2.24, 2.45) is 0 Å². The maximum Gasteiger partial charge on any atom is 0.208 e. The van der Waals surface area contributed by atoms with Crippen LogP contribution in [-0.4, -0.2) is 32.7 Å². The molecule has 2 aromatic rings. The van der Waals surface area contributed by atoms with Crippen LogP contribution in [0, 0.1) is 6.92 Å². The first-order valence-corrected chi connectivity index (χ1v) is 9.78. The summed E-state index contributed by atoms with van der Waals surface area (Å²) in [6.45, 7) is 5.03. The molecule has 0 amide bonds. The highest BCUT2D eigenvalue weighted by molar-refractivity contribution is 7.88. The quantitative estimate of drug-likeness (QED) is 0.760. The molecule has 0 radical (unpaired) electrons. The van der Waals surface area contributed by atoms with Gasteiger partial charge in [-0.05, 0) is 13.8 Å². The SMILES string of the molecule is Cc1nc(-c2ccccc2)sc1[C@H](C)NCCNS(C)(=O)=O. The van der Waals surface area contributed by atoms with Crippen LogP contribution >= 0.6 is 11.3 Å². The normalized spacial score (nSPS) is 13.2. The predicted octanol–water partition coefficient (Wildman–Crippen LogP) is 2.32. The molecule has 1 aromatic heterocycles. The van der Waals surface area contributed by atoms with Gasteiger partial charge in [-0.15, -0.1) is 11.3 Å². The van der Waals surface area contributed by atoms with Gasteiger partial charge in [0.05, 0.1) is 11.9 Å². The van der Waals surface area contributed by atoms with Crippen molar-refractivity contribution in [1.82, 2.24) is 15.0 Å². The van der Waals surface area contributed by atoms with E-state index < -0.39 is 10.0 Å². The zero-order valence-electron chi connectivity index (χ0n) is 13.0. The van der Waals surface area contributed by atoms with Gasteiger partial charge in [0.15, 0.2) is 0 Å². The Hall–Kier alpha value is -1.28. The summed E-state index contributed by atoms with van der Waals surface area (Å²) in [6.07, 6.45) is 1.16. The Morgan fingerprint density at radius 3 is 2.55 bits per heavy atom. The molecule has 0 aliphatic rings. The lowest BCUT2D eigenvalue weighted by atomic mass is 10.2. The molecule has 22 heavy (non-hydrogen) atoms. The minimum absolute atomic E-state index is 0.135. The van der Waals surface area contributed by atoms with Crippen LogP contribution in [0.25, 0.3) is 10.6 Å². The second kappa shape index (κ2) is 7.32. The Labute approximate surface area is 135 Å². The second-order valence-corrected chi connectivity index (χ2v) is 8.04. The van der Waals surface area contributed by atoms with Crippen molar-refractivity contribution in [3.8, 4) is 10.6 Å². The van der Waals surface area contributed by atoms with Crippen molar-refractivity contribution in [3.63, 3.8) is 0 Å². The lowest BCUT2D eigenvalue weighted by Gasteiger charge is -2.12. The van der Waals surface area contributed by atoms with Crippen molar-refractivity contribution < 1.29 is 8.42 Å². The van der Waals surface area contributed by atoms with Crippen molar-refractivity contribution >= 4 is 21.4 Å². The molecule has 1 heterocycles. The molecule has 0 spiro atoms. The fourth-order valence-electron chi connectivity index (χ4n) is 2.13. The molecule has 0 aliphatic carbocycles. The molecule has 7 heteroatoms. The molecule has 0 unspecified atom stereocenters. The maximum absolute atomic E-state index is 11.0. The Morgan fingerprint density at radius 1 is 1.23 bits per heavy atom. The van der Waals surface area contributed by atoms with E-state index in [-0.39, 0.29) is 6.04 Å². The monoisotopic (exact) mass is 339 g/mol. The minimum Gasteiger partial charge on any atom is -0.308 e. The van der Waals surface area contributed by atoms with E-state index >= 15 is 0 Å². The molecule has 120 valence electrons. The highest BCUT2D eigenvalue weighted by Gasteiger charge is 2.14. The molecule has 0 saturated carbocycles. The number of rotatable bonds is 7. The third-order valence-electron chi connectivity index (χ3n) is 3.19. The molecule has 1 atom stereocenters. The summed E-state index contributed by atoms with van der Waals surface area (Å²) in [5.41, 5.74) is 2.13. The first-order valence-electron chi connectivity index (χ1n) is 7.07. The number of thiazole rings is 1. The fourth-order valence-corrected chi connectivity index (χ4v) is 3.70. The van der Waals surface area contributed by atoms with Gasteiger partial charge in [-0.1, -0.05) is 30.3 Å². The van der Waals surface area contributed by atoms with Gasteiger partial charge >= 0.3 is 0 Å². The van der Waals surface area contributed by atoms with Crippen molar-refractivity contribution in [2.45, 2.75) is 19.9 Å². The largest absolute Gasteiger partial charge is 0.308 e. The number of benzene rings is 1. The van der Waals surface area contributed by atoms with Crippen LogP contribution in [0.1, 0.15) is 23.5 Å². The second-order valence-electron chi connectivity index (χ2n) is 5.18. The van der Waals surface area contributed by atoms with Crippen LogP contribution in [0.4, 0.5) is 0 Å². The van der Waals surface area contributed by atoms with E-state index in [9.17, 15) is 8.42 Å². The number of nitrogens with one attached hydrogen (secondary N) is 2. The van der Waals surface area contributed by atoms with Crippen molar-refractivity contribution in [1.29, 1.82) is 0 Å². The van der Waals surface area contributed by atoms with Crippen molar-refractivity contribution in [3.05, 3.63) is 40.9 Å². The lowest BCUT2D eigenvalue weighted by molar-refractivity contribution is 0.559. The Morgan fingerprint density at radius 2 is 1.91 bits per heavy atom. The number of aryl methyl sites for hydroxylation is 1. The maximum atomic E-state index is 11.0. The first kappa shape index (κ1) is 17.1. The smallest absolute Gasteiger partial charge is 0.208 e. The Bertz CT molecular complexity index is 712. The number of sulfonamides is 1. The van der Waals surface area contributed by atoms with Crippen LogP contribution in [0.2, 0.25) is 0 Å². The standard InChI is InChI=1S/C15H21N3O2S2/c1-11(16-9-10-17-22(3,19)20)14-12(2)18-15(21-14)13-7-5-4-6-8-13/h4-8,11,16-17H,9-10H2,1-3H3/t11-/m0/s1. The van der Waals surface area contributed by atoms with Gasteiger partial charge in [-0.25, -0.2) is 18.1 Å². The average Bonchev–Trinajstić information content (AvgIpc) is 2.85. The average molecular weight is 339 g/mol. The minimum atomic E-state index is -3.13. The predicted molar refractivity (Wildman–Crippen MR) is 91.6 cm³/mol. The summed E-state index contributed by atoms with van der Waals surface area (Å²) >= 11 is 1.67. The van der Waals surface area contributed by atoms with E-state index in [1.54, 1.807) is 11.3 Å². The summed E-state index contributed by atoms with van der Waals surface area (Å²) in [6, 6.07) is 10.2. The summed E-state index contributed by atoms with van der Waals surface area (Å²) in [4.78, 5) is 5.82. The third-order valence-corrected chi connectivity index (χ3v) is 5.30. The van der Waals surface area contributed by atoms with Gasteiger partial charge in [0.2, 0.25) is 10.0 Å². The Kier molecular flexibility index (Phi) is 5.69. The molecule has 0 bridgehead atoms. The third kappa shape index (κ3) is 4.88. The summed E-state index contributed by atoms with van der Waals surface area (Å²) < 4.78 is 24.5. The zero-order valence-corrected chi connectivity index (χ0v) is 14.6. The van der Waals surface area contributed by atoms with Crippen LogP contribution in [0.3, 0.4) is 0 Å². The van der Waals surface area contributed by atoms with E-state index in [0.717, 1.165) is 22.5 Å². The van der Waals surface area contributed by atoms with E-state index in [2.05, 4.69) is 34.1 Å². The van der Waals surface area contributed by atoms with E-state index in [0.29, 0.717) is 13.1 Å². The van der Waals surface area contributed by atoms with Crippen molar-refractivity contribution in [2.75, 3.05) is 19.3 Å². The van der Waals surface area contributed by atoms with Crippen LogP contribution in [0.15, 0.2) is 30.3 Å². The van der Waals surface area contributed by atoms with Gasteiger partial charge in [0.1, 0.15) is 5.01 Å². The molecular weight excluding hydrogens is 318 g/mol. The van der Waals surface area contributed by atoms with Crippen LogP contribution in [-0.2, 0) is 10.0 Å². The molecule has 2 N–H and O–H groups in total. The number of aromatic nitrogens is 1. The topological polar surface area (TPSA) is 71.1 Å². The van der Waals surface area contributed by atoms with Crippen LogP contribution < -0.4 is 10.0 Å². The molecule has 0 saturated heterocycles. The van der Waals surface area contributed by atoms with Gasteiger partial charge in [0.25, 0.3) is 0 Å². The molecular formula is C15H21N3O2S2. The molecule has 1 aromatic carbocycles. The number of nitrogens with zero attached hydrogens (tertiary/aromatic N) is 1. The zero-order chi connectivity index (χ0) is 16.2. The van der Waals surface area contributed by atoms with Gasteiger partial charge in [0, 0.05) is 29.6 Å². The van der Waals surface area contributed by atoms with Gasteiger partial charge in [-0.3, -0.25) is 0 Å². The number of hydrogen-bond donors (Lipinski definition) is 2. The van der Waals surface area contributed by atoms with Gasteiger partial charge < -0.3 is 5.32 Å². The fraction of sp³-hybridized carbons (Fsp3) is 0.400. The molecule has 0 aliphatic heterocycles.